The van der Waals surface area contributed by atoms with Gasteiger partial charge in [0, 0.05) is 39.4 Å². The van der Waals surface area contributed by atoms with E-state index in [1.54, 1.807) is 7.05 Å². The molecule has 0 atom stereocenters. The van der Waals surface area contributed by atoms with Crippen molar-refractivity contribution in [2.75, 3.05) is 39.3 Å². The molecule has 142 valence electrons. The third-order valence-electron chi connectivity index (χ3n) is 4.31. The smallest absolute Gasteiger partial charge is 0.286 e. The molecule has 2 aromatic rings. The number of benzene rings is 2. The van der Waals surface area contributed by atoms with Crippen molar-refractivity contribution in [2.24, 2.45) is 0 Å². The SMILES string of the molecule is CN(Cc1ccc(N(C)C)cc1)C(=O)c1cc2c(cc1[N+](=O)[O-])OCCO2. The molecule has 27 heavy (non-hydrogen) atoms. The molecule has 0 N–H and O–H groups in total. The zero-order valence-corrected chi connectivity index (χ0v) is 15.5. The first-order chi connectivity index (χ1) is 12.9. The summed E-state index contributed by atoms with van der Waals surface area (Å²) < 4.78 is 10.8. The lowest BCUT2D eigenvalue weighted by molar-refractivity contribution is -0.385. The molecule has 1 amide bonds. The van der Waals surface area contributed by atoms with Gasteiger partial charge < -0.3 is 19.3 Å². The molecule has 2 aromatic carbocycles. The van der Waals surface area contributed by atoms with Crippen molar-refractivity contribution in [1.82, 2.24) is 4.90 Å². The van der Waals surface area contributed by atoms with Crippen LogP contribution in [0.3, 0.4) is 0 Å². The number of amides is 1. The molecule has 0 saturated carbocycles. The van der Waals surface area contributed by atoms with E-state index in [0.717, 1.165) is 11.3 Å². The molecule has 1 aliphatic heterocycles. The first-order valence-corrected chi connectivity index (χ1v) is 8.46. The molecule has 0 radical (unpaired) electrons. The standard InChI is InChI=1S/C19H21N3O5/c1-20(2)14-6-4-13(5-7-14)12-21(3)19(23)15-10-17-18(27-9-8-26-17)11-16(15)22(24)25/h4-7,10-11H,8-9,12H2,1-3H3. The predicted octanol–water partition coefficient (Wildman–Crippen LogP) is 2.70. The minimum absolute atomic E-state index is 0.0170. The Bertz CT molecular complexity index is 864. The highest BCUT2D eigenvalue weighted by molar-refractivity contribution is 5.99. The van der Waals surface area contributed by atoms with Crippen LogP contribution >= 0.6 is 0 Å². The third kappa shape index (κ3) is 3.94. The normalized spacial score (nSPS) is 12.4. The number of nitro benzene ring substituents is 1. The van der Waals surface area contributed by atoms with E-state index in [-0.39, 0.29) is 17.0 Å². The Kier molecular flexibility index (Phi) is 5.16. The Morgan fingerprint density at radius 1 is 1.07 bits per heavy atom. The molecule has 0 unspecified atom stereocenters. The van der Waals surface area contributed by atoms with Crippen LogP contribution in [0, 0.1) is 10.1 Å². The highest BCUT2D eigenvalue weighted by atomic mass is 16.6. The summed E-state index contributed by atoms with van der Waals surface area (Å²) in [4.78, 5) is 27.1. The van der Waals surface area contributed by atoms with Crippen molar-refractivity contribution in [3.05, 3.63) is 57.6 Å². The van der Waals surface area contributed by atoms with Crippen LogP contribution < -0.4 is 14.4 Å². The number of carbonyl (C=O) groups excluding carboxylic acids is 1. The molecule has 0 bridgehead atoms. The van der Waals surface area contributed by atoms with Crippen molar-refractivity contribution < 1.29 is 19.2 Å². The van der Waals surface area contributed by atoms with Crippen molar-refractivity contribution in [2.45, 2.75) is 6.54 Å². The maximum absolute atomic E-state index is 12.9. The summed E-state index contributed by atoms with van der Waals surface area (Å²) in [5.74, 6) is 0.181. The lowest BCUT2D eigenvalue weighted by atomic mass is 10.1. The number of anilines is 1. The molecule has 1 heterocycles. The van der Waals surface area contributed by atoms with Gasteiger partial charge >= 0.3 is 0 Å². The fourth-order valence-corrected chi connectivity index (χ4v) is 2.85. The van der Waals surface area contributed by atoms with Crippen molar-refractivity contribution in [3.63, 3.8) is 0 Å². The highest BCUT2D eigenvalue weighted by Gasteiger charge is 2.28. The lowest BCUT2D eigenvalue weighted by Crippen LogP contribution is -2.27. The minimum atomic E-state index is -0.578. The van der Waals surface area contributed by atoms with E-state index in [9.17, 15) is 14.9 Å². The van der Waals surface area contributed by atoms with E-state index in [2.05, 4.69) is 0 Å². The summed E-state index contributed by atoms with van der Waals surface area (Å²) in [7, 11) is 5.51. The number of carbonyl (C=O) groups is 1. The van der Waals surface area contributed by atoms with E-state index < -0.39 is 10.8 Å². The molecule has 8 nitrogen and oxygen atoms in total. The summed E-state index contributed by atoms with van der Waals surface area (Å²) in [6, 6.07) is 10.4. The number of nitro groups is 1. The molecule has 0 fully saturated rings. The van der Waals surface area contributed by atoms with Gasteiger partial charge in [-0.3, -0.25) is 14.9 Å². The Hall–Kier alpha value is -3.29. The minimum Gasteiger partial charge on any atom is -0.486 e. The van der Waals surface area contributed by atoms with Gasteiger partial charge in [0.15, 0.2) is 11.5 Å². The van der Waals surface area contributed by atoms with E-state index in [0.29, 0.717) is 25.5 Å². The number of fused-ring (bicyclic) bond motifs is 1. The van der Waals surface area contributed by atoms with Gasteiger partial charge in [0.25, 0.3) is 11.6 Å². The number of rotatable bonds is 5. The van der Waals surface area contributed by atoms with Crippen molar-refractivity contribution in [1.29, 1.82) is 0 Å². The molecule has 0 aromatic heterocycles. The molecule has 1 aliphatic rings. The molecule has 0 aliphatic carbocycles. The second-order valence-electron chi connectivity index (χ2n) is 6.49. The molecule has 8 heteroatoms. The van der Waals surface area contributed by atoms with Crippen molar-refractivity contribution >= 4 is 17.3 Å². The molecule has 0 saturated heterocycles. The van der Waals surface area contributed by atoms with Crippen LogP contribution in [0.15, 0.2) is 36.4 Å². The third-order valence-corrected chi connectivity index (χ3v) is 4.31. The number of hydrogen-bond donors (Lipinski definition) is 0. The first-order valence-electron chi connectivity index (χ1n) is 8.46. The van der Waals surface area contributed by atoms with Crippen LogP contribution in [-0.4, -0.2) is 50.1 Å². The topological polar surface area (TPSA) is 85.2 Å². The fourth-order valence-electron chi connectivity index (χ4n) is 2.85. The van der Waals surface area contributed by atoms with Gasteiger partial charge in [-0.2, -0.15) is 0 Å². The van der Waals surface area contributed by atoms with Crippen molar-refractivity contribution in [3.8, 4) is 11.5 Å². The number of ether oxygens (including phenoxy) is 2. The van der Waals surface area contributed by atoms with Gasteiger partial charge in [0.05, 0.1) is 11.0 Å². The van der Waals surface area contributed by atoms with Gasteiger partial charge in [-0.1, -0.05) is 12.1 Å². The van der Waals surface area contributed by atoms with E-state index in [1.165, 1.54) is 17.0 Å². The largest absolute Gasteiger partial charge is 0.486 e. The van der Waals surface area contributed by atoms with Crippen LogP contribution in [0.5, 0.6) is 11.5 Å². The zero-order chi connectivity index (χ0) is 19.6. The summed E-state index contributed by atoms with van der Waals surface area (Å²) >= 11 is 0. The zero-order valence-electron chi connectivity index (χ0n) is 15.5. The molecule has 3 rings (SSSR count). The Morgan fingerprint density at radius 2 is 1.67 bits per heavy atom. The average molecular weight is 371 g/mol. The highest BCUT2D eigenvalue weighted by Crippen LogP contribution is 2.37. The molecular formula is C19H21N3O5. The monoisotopic (exact) mass is 371 g/mol. The molecule has 0 spiro atoms. The fraction of sp³-hybridized carbons (Fsp3) is 0.316. The summed E-state index contributed by atoms with van der Waals surface area (Å²) in [5, 5.41) is 11.4. The Balaban J connectivity index is 1.84. The summed E-state index contributed by atoms with van der Waals surface area (Å²) in [6.07, 6.45) is 0. The summed E-state index contributed by atoms with van der Waals surface area (Å²) in [5.41, 5.74) is 1.67. The van der Waals surface area contributed by atoms with Gasteiger partial charge in [-0.25, -0.2) is 0 Å². The number of nitrogens with zero attached hydrogens (tertiary/aromatic N) is 3. The first kappa shape index (κ1) is 18.5. The number of hydrogen-bond acceptors (Lipinski definition) is 6. The van der Waals surface area contributed by atoms with Gasteiger partial charge in [-0.05, 0) is 17.7 Å². The van der Waals surface area contributed by atoms with Gasteiger partial charge in [0.2, 0.25) is 0 Å². The van der Waals surface area contributed by atoms with Crippen LogP contribution in [0.25, 0.3) is 0 Å². The quantitative estimate of drug-likeness (QED) is 0.593. The van der Waals surface area contributed by atoms with Crippen LogP contribution in [0.1, 0.15) is 15.9 Å². The average Bonchev–Trinajstić information content (AvgIpc) is 2.66. The second kappa shape index (κ2) is 7.53. The Morgan fingerprint density at radius 3 is 2.22 bits per heavy atom. The van der Waals surface area contributed by atoms with Gasteiger partial charge in [-0.15, -0.1) is 0 Å². The van der Waals surface area contributed by atoms with Crippen LogP contribution in [0.4, 0.5) is 11.4 Å². The Labute approximate surface area is 157 Å². The van der Waals surface area contributed by atoms with Gasteiger partial charge in [0.1, 0.15) is 18.8 Å². The van der Waals surface area contributed by atoms with E-state index >= 15 is 0 Å². The maximum atomic E-state index is 12.9. The maximum Gasteiger partial charge on any atom is 0.286 e. The molecular weight excluding hydrogens is 350 g/mol. The lowest BCUT2D eigenvalue weighted by Gasteiger charge is -2.21. The predicted molar refractivity (Wildman–Crippen MR) is 101 cm³/mol. The van der Waals surface area contributed by atoms with E-state index in [1.807, 2.05) is 43.3 Å². The summed E-state index contributed by atoms with van der Waals surface area (Å²) in [6.45, 7) is 0.991. The van der Waals surface area contributed by atoms with E-state index in [4.69, 9.17) is 9.47 Å². The van der Waals surface area contributed by atoms with Crippen LogP contribution in [0.2, 0.25) is 0 Å². The van der Waals surface area contributed by atoms with Crippen LogP contribution in [-0.2, 0) is 6.54 Å². The second-order valence-corrected chi connectivity index (χ2v) is 6.49.